The molecule has 2 aromatic heterocycles. The quantitative estimate of drug-likeness (QED) is 0.713. The molecule has 2 N–H and O–H groups in total. The Labute approximate surface area is 169 Å². The molecule has 0 radical (unpaired) electrons. The van der Waals surface area contributed by atoms with Gasteiger partial charge in [0.25, 0.3) is 5.91 Å². The predicted octanol–water partition coefficient (Wildman–Crippen LogP) is 3.41. The minimum Gasteiger partial charge on any atom is -0.363 e. The Hall–Kier alpha value is -3.36. The summed E-state index contributed by atoms with van der Waals surface area (Å²) < 4.78 is 43.3. The van der Waals surface area contributed by atoms with Crippen molar-refractivity contribution in [1.82, 2.24) is 20.2 Å². The van der Waals surface area contributed by atoms with E-state index in [0.717, 1.165) is 36.7 Å². The molecule has 6 rings (SSSR count). The summed E-state index contributed by atoms with van der Waals surface area (Å²) in [7, 11) is 0. The van der Waals surface area contributed by atoms with Gasteiger partial charge < -0.3 is 5.73 Å². The zero-order valence-electron chi connectivity index (χ0n) is 15.7. The van der Waals surface area contributed by atoms with E-state index >= 15 is 0 Å². The first-order chi connectivity index (χ1) is 14.4. The van der Waals surface area contributed by atoms with Crippen molar-refractivity contribution in [3.05, 3.63) is 70.7 Å². The number of benzene rings is 1. The fraction of sp³-hybridized carbons (Fsp3) is 0.286. The highest BCUT2D eigenvalue weighted by Crippen LogP contribution is 2.55. The molecule has 9 heteroatoms. The molecule has 0 aliphatic heterocycles. The number of fused-ring (bicyclic) bond motifs is 2. The standard InChI is InChI=1S/C21H16F3N5O/c22-12-2-1-3-13(23)16(12)15-8-11-10-4-6-21(7-5-10,17(11)29-28-15)18-14(24)9-26-20(27-18)19(25)30/h1-3,8-10H,4-7H2,(H2,25,30). The van der Waals surface area contributed by atoms with Crippen LogP contribution in [0.3, 0.4) is 0 Å². The largest absolute Gasteiger partial charge is 0.363 e. The highest BCUT2D eigenvalue weighted by Gasteiger charge is 2.50. The van der Waals surface area contributed by atoms with Gasteiger partial charge in [0.15, 0.2) is 5.82 Å². The molecule has 0 atom stereocenters. The number of hydrogen-bond donors (Lipinski definition) is 1. The summed E-state index contributed by atoms with van der Waals surface area (Å²) in [5, 5.41) is 8.37. The first-order valence-electron chi connectivity index (χ1n) is 9.56. The summed E-state index contributed by atoms with van der Waals surface area (Å²) in [6, 6.07) is 5.24. The molecule has 0 saturated heterocycles. The summed E-state index contributed by atoms with van der Waals surface area (Å²) in [4.78, 5) is 19.3. The van der Waals surface area contributed by atoms with Crippen LogP contribution in [0.4, 0.5) is 13.2 Å². The van der Waals surface area contributed by atoms with Crippen molar-refractivity contribution in [2.75, 3.05) is 0 Å². The third-order valence-electron chi connectivity index (χ3n) is 6.19. The van der Waals surface area contributed by atoms with E-state index in [2.05, 4.69) is 20.2 Å². The van der Waals surface area contributed by atoms with Gasteiger partial charge in [-0.15, -0.1) is 5.10 Å². The second-order valence-electron chi connectivity index (χ2n) is 7.74. The molecule has 1 saturated carbocycles. The topological polar surface area (TPSA) is 94.7 Å². The molecule has 2 bridgehead atoms. The van der Waals surface area contributed by atoms with Crippen LogP contribution < -0.4 is 5.73 Å². The smallest absolute Gasteiger partial charge is 0.286 e. The maximum absolute atomic E-state index is 14.8. The molecule has 0 spiro atoms. The molecule has 1 aromatic carbocycles. The molecular formula is C21H16F3N5O. The number of carbonyl (C=O) groups is 1. The predicted molar refractivity (Wildman–Crippen MR) is 99.9 cm³/mol. The van der Waals surface area contributed by atoms with Gasteiger partial charge >= 0.3 is 0 Å². The molecule has 152 valence electrons. The van der Waals surface area contributed by atoms with E-state index in [9.17, 15) is 18.0 Å². The van der Waals surface area contributed by atoms with Crippen LogP contribution in [0.2, 0.25) is 0 Å². The fourth-order valence-electron chi connectivity index (χ4n) is 4.78. The number of carbonyl (C=O) groups excluding carboxylic acids is 1. The van der Waals surface area contributed by atoms with Crippen molar-refractivity contribution in [2.45, 2.75) is 37.0 Å². The highest BCUT2D eigenvalue weighted by atomic mass is 19.1. The van der Waals surface area contributed by atoms with E-state index in [-0.39, 0.29) is 28.7 Å². The number of primary amides is 1. The Morgan fingerprint density at radius 2 is 1.73 bits per heavy atom. The zero-order valence-corrected chi connectivity index (χ0v) is 15.7. The summed E-state index contributed by atoms with van der Waals surface area (Å²) in [6.45, 7) is 0. The van der Waals surface area contributed by atoms with Gasteiger partial charge in [-0.2, -0.15) is 5.10 Å². The number of nitrogens with zero attached hydrogens (tertiary/aromatic N) is 4. The average molecular weight is 411 g/mol. The molecule has 1 amide bonds. The van der Waals surface area contributed by atoms with Crippen molar-refractivity contribution in [3.8, 4) is 11.3 Å². The molecule has 30 heavy (non-hydrogen) atoms. The Morgan fingerprint density at radius 1 is 1.03 bits per heavy atom. The van der Waals surface area contributed by atoms with E-state index < -0.39 is 28.8 Å². The van der Waals surface area contributed by atoms with Crippen LogP contribution in [0.15, 0.2) is 30.5 Å². The van der Waals surface area contributed by atoms with Crippen LogP contribution in [0.5, 0.6) is 0 Å². The van der Waals surface area contributed by atoms with Crippen molar-refractivity contribution in [2.24, 2.45) is 5.73 Å². The van der Waals surface area contributed by atoms with Crippen molar-refractivity contribution >= 4 is 5.91 Å². The van der Waals surface area contributed by atoms with E-state index in [4.69, 9.17) is 5.73 Å². The maximum atomic E-state index is 14.8. The number of nitrogens with two attached hydrogens (primary N) is 1. The van der Waals surface area contributed by atoms with Crippen molar-refractivity contribution in [3.63, 3.8) is 0 Å². The average Bonchev–Trinajstić information content (AvgIpc) is 2.74. The lowest BCUT2D eigenvalue weighted by Gasteiger charge is -2.46. The summed E-state index contributed by atoms with van der Waals surface area (Å²) >= 11 is 0. The maximum Gasteiger partial charge on any atom is 0.286 e. The lowest BCUT2D eigenvalue weighted by atomic mass is 9.58. The van der Waals surface area contributed by atoms with E-state index in [1.54, 1.807) is 6.07 Å². The normalized spacial score (nSPS) is 22.0. The number of rotatable bonds is 3. The third-order valence-corrected chi connectivity index (χ3v) is 6.19. The highest BCUT2D eigenvalue weighted by molar-refractivity contribution is 5.88. The Kier molecular flexibility index (Phi) is 4.09. The molecule has 3 aromatic rings. The van der Waals surface area contributed by atoms with E-state index in [1.807, 2.05) is 0 Å². The van der Waals surface area contributed by atoms with Gasteiger partial charge in [0.1, 0.15) is 11.6 Å². The van der Waals surface area contributed by atoms with Gasteiger partial charge in [0.2, 0.25) is 5.82 Å². The molecule has 3 aliphatic rings. The van der Waals surface area contributed by atoms with Crippen LogP contribution in [0, 0.1) is 17.5 Å². The van der Waals surface area contributed by atoms with Gasteiger partial charge in [-0.05, 0) is 55.4 Å². The van der Waals surface area contributed by atoms with E-state index in [0.29, 0.717) is 18.5 Å². The van der Waals surface area contributed by atoms with Gasteiger partial charge in [0, 0.05) is 0 Å². The van der Waals surface area contributed by atoms with Gasteiger partial charge in [0.05, 0.1) is 34.3 Å². The lowest BCUT2D eigenvalue weighted by Crippen LogP contribution is -2.42. The van der Waals surface area contributed by atoms with Crippen LogP contribution in [-0.2, 0) is 5.41 Å². The Balaban J connectivity index is 1.70. The Morgan fingerprint density at radius 3 is 2.40 bits per heavy atom. The van der Waals surface area contributed by atoms with E-state index in [1.165, 1.54) is 6.07 Å². The number of hydrogen-bond acceptors (Lipinski definition) is 5. The fourth-order valence-corrected chi connectivity index (χ4v) is 4.78. The van der Waals surface area contributed by atoms with Crippen molar-refractivity contribution < 1.29 is 18.0 Å². The monoisotopic (exact) mass is 411 g/mol. The number of aromatic nitrogens is 4. The molecule has 0 unspecified atom stereocenters. The lowest BCUT2D eigenvalue weighted by molar-refractivity contribution is 0.0989. The first-order valence-corrected chi connectivity index (χ1v) is 9.56. The molecular weight excluding hydrogens is 395 g/mol. The first kappa shape index (κ1) is 18.7. The van der Waals surface area contributed by atoms with Gasteiger partial charge in [-0.25, -0.2) is 23.1 Å². The second kappa shape index (κ2) is 6.58. The molecule has 2 heterocycles. The van der Waals surface area contributed by atoms with Crippen LogP contribution in [0.25, 0.3) is 11.3 Å². The van der Waals surface area contributed by atoms with Crippen LogP contribution in [-0.4, -0.2) is 26.1 Å². The molecule has 3 aliphatic carbocycles. The second-order valence-corrected chi connectivity index (χ2v) is 7.74. The van der Waals surface area contributed by atoms with Gasteiger partial charge in [-0.1, -0.05) is 6.07 Å². The van der Waals surface area contributed by atoms with Crippen LogP contribution >= 0.6 is 0 Å². The third kappa shape index (κ3) is 2.61. The number of halogens is 3. The molecule has 1 fully saturated rings. The minimum atomic E-state index is -0.888. The van der Waals surface area contributed by atoms with Crippen molar-refractivity contribution in [1.29, 1.82) is 0 Å². The summed E-state index contributed by atoms with van der Waals surface area (Å²) in [5.74, 6) is -3.11. The summed E-state index contributed by atoms with van der Waals surface area (Å²) in [6.07, 6.45) is 3.53. The zero-order chi connectivity index (χ0) is 21.0. The van der Waals surface area contributed by atoms with Gasteiger partial charge in [-0.3, -0.25) is 4.79 Å². The minimum absolute atomic E-state index is 0.0600. The SMILES string of the molecule is NC(=O)c1ncc(F)c(C23CCC(CC2)c2cc(-c4c(F)cccc4F)nnc23)n1. The molecule has 6 nitrogen and oxygen atoms in total. The van der Waals surface area contributed by atoms with Crippen LogP contribution in [0.1, 0.15) is 59.2 Å². The number of amides is 1. The summed E-state index contributed by atoms with van der Waals surface area (Å²) in [5.41, 5.74) is 5.60. The Bertz CT molecular complexity index is 1170.